The molecule has 0 bridgehead atoms. The van der Waals surface area contributed by atoms with Gasteiger partial charge >= 0.3 is 0 Å². The van der Waals surface area contributed by atoms with Gasteiger partial charge < -0.3 is 9.47 Å². The standard InChI is InChI=1S/C63H42N2/c1-5-22-43(23-6-1)63(44-24-7-2-8-25-44)56-37-19-17-35-54(56)61-55(36-21-38-57(61)63)60-50-31-13-15-33-52(50)62(53-34-16-14-32-51(53)60)65-58-39-20-18-30-48(58)49-41-40-47(42-59(49)65)64(45-26-9-3-10-27-45)46-28-11-4-12-29-46/h1-42H. The van der Waals surface area contributed by atoms with Gasteiger partial charge in [-0.25, -0.2) is 0 Å². The van der Waals surface area contributed by atoms with Crippen molar-refractivity contribution < 1.29 is 0 Å². The predicted molar refractivity (Wildman–Crippen MR) is 273 cm³/mol. The van der Waals surface area contributed by atoms with Crippen molar-refractivity contribution in [1.29, 1.82) is 0 Å². The lowest BCUT2D eigenvalue weighted by atomic mass is 9.67. The molecule has 0 saturated carbocycles. The lowest BCUT2D eigenvalue weighted by Gasteiger charge is -2.34. The first-order valence-corrected chi connectivity index (χ1v) is 22.5. The minimum atomic E-state index is -0.496. The van der Waals surface area contributed by atoms with Crippen LogP contribution in [0, 0.1) is 0 Å². The van der Waals surface area contributed by atoms with Crippen LogP contribution >= 0.6 is 0 Å². The number of anilines is 3. The van der Waals surface area contributed by atoms with E-state index in [1.54, 1.807) is 0 Å². The summed E-state index contributed by atoms with van der Waals surface area (Å²) in [6.07, 6.45) is 0. The fourth-order valence-electron chi connectivity index (χ4n) is 11.3. The Morgan fingerprint density at radius 2 is 0.754 bits per heavy atom. The van der Waals surface area contributed by atoms with E-state index in [0.717, 1.165) is 22.6 Å². The molecule has 0 unspecified atom stereocenters. The third-order valence-corrected chi connectivity index (χ3v) is 13.8. The molecule has 12 aromatic rings. The number of hydrogen-bond acceptors (Lipinski definition) is 1. The largest absolute Gasteiger partial charge is 0.310 e. The average molecular weight is 827 g/mol. The summed E-state index contributed by atoms with van der Waals surface area (Å²) in [7, 11) is 0. The summed E-state index contributed by atoms with van der Waals surface area (Å²) in [6, 6.07) is 93.8. The second-order valence-corrected chi connectivity index (χ2v) is 17.1. The molecule has 0 fully saturated rings. The molecule has 0 amide bonds. The first-order chi connectivity index (χ1) is 32.3. The Bertz CT molecular complexity index is 3620. The molecule has 0 atom stereocenters. The van der Waals surface area contributed by atoms with E-state index in [1.807, 2.05) is 0 Å². The summed E-state index contributed by atoms with van der Waals surface area (Å²) in [4.78, 5) is 2.36. The van der Waals surface area contributed by atoms with Crippen LogP contribution in [0.15, 0.2) is 255 Å². The summed E-state index contributed by atoms with van der Waals surface area (Å²) < 4.78 is 2.54. The number of benzene rings is 11. The van der Waals surface area contributed by atoms with Gasteiger partial charge in [0, 0.05) is 38.6 Å². The maximum absolute atomic E-state index is 2.54. The number of para-hydroxylation sites is 3. The van der Waals surface area contributed by atoms with Crippen LogP contribution in [0.25, 0.3) is 71.3 Å². The zero-order valence-corrected chi connectivity index (χ0v) is 35.6. The van der Waals surface area contributed by atoms with Crippen molar-refractivity contribution in [2.45, 2.75) is 5.41 Å². The summed E-state index contributed by atoms with van der Waals surface area (Å²) in [5, 5.41) is 7.31. The number of rotatable bonds is 7. The molecular weight excluding hydrogens is 785 g/mol. The minimum absolute atomic E-state index is 0.496. The average Bonchev–Trinajstić information content (AvgIpc) is 3.87. The molecular formula is C63H42N2. The van der Waals surface area contributed by atoms with Gasteiger partial charge in [-0.2, -0.15) is 0 Å². The number of fused-ring (bicyclic) bond motifs is 8. The maximum Gasteiger partial charge on any atom is 0.0713 e. The van der Waals surface area contributed by atoms with Crippen LogP contribution in [0.2, 0.25) is 0 Å². The fourth-order valence-corrected chi connectivity index (χ4v) is 11.3. The highest BCUT2D eigenvalue weighted by Crippen LogP contribution is 2.59. The number of hydrogen-bond donors (Lipinski definition) is 0. The Morgan fingerprint density at radius 1 is 0.292 bits per heavy atom. The fraction of sp³-hybridized carbons (Fsp3) is 0.0159. The van der Waals surface area contributed by atoms with Crippen molar-refractivity contribution in [2.24, 2.45) is 0 Å². The molecule has 1 heterocycles. The van der Waals surface area contributed by atoms with Crippen molar-refractivity contribution in [1.82, 2.24) is 4.57 Å². The van der Waals surface area contributed by atoms with E-state index in [9.17, 15) is 0 Å². The summed E-state index contributed by atoms with van der Waals surface area (Å²) in [5.41, 5.74) is 16.6. The molecule has 0 aliphatic heterocycles. The zero-order chi connectivity index (χ0) is 42.9. The van der Waals surface area contributed by atoms with Gasteiger partial charge in [0.15, 0.2) is 0 Å². The van der Waals surface area contributed by atoms with Gasteiger partial charge in [0.1, 0.15) is 0 Å². The van der Waals surface area contributed by atoms with E-state index >= 15 is 0 Å². The van der Waals surface area contributed by atoms with Gasteiger partial charge in [0.2, 0.25) is 0 Å². The molecule has 0 N–H and O–H groups in total. The van der Waals surface area contributed by atoms with Gasteiger partial charge in [0.25, 0.3) is 0 Å². The van der Waals surface area contributed by atoms with E-state index in [-0.39, 0.29) is 0 Å². The van der Waals surface area contributed by atoms with Gasteiger partial charge in [-0.3, -0.25) is 0 Å². The molecule has 0 saturated heterocycles. The highest BCUT2D eigenvalue weighted by Gasteiger charge is 2.47. The van der Waals surface area contributed by atoms with Crippen LogP contribution in [-0.2, 0) is 5.41 Å². The SMILES string of the molecule is c1ccc(N(c2ccccc2)c2ccc3c4ccccc4n(-c4c5ccccc5c(-c5cccc6c5-c5ccccc5C6(c5ccccc5)c5ccccc5)c5ccccc45)c3c2)cc1. The summed E-state index contributed by atoms with van der Waals surface area (Å²) in [6.45, 7) is 0. The van der Waals surface area contributed by atoms with Crippen molar-refractivity contribution >= 4 is 60.4 Å². The first-order valence-electron chi connectivity index (χ1n) is 22.5. The van der Waals surface area contributed by atoms with Gasteiger partial charge in [0.05, 0.1) is 22.1 Å². The zero-order valence-electron chi connectivity index (χ0n) is 35.6. The monoisotopic (exact) mass is 826 g/mol. The number of aromatic nitrogens is 1. The first kappa shape index (κ1) is 37.1. The lowest BCUT2D eigenvalue weighted by molar-refractivity contribution is 0.768. The number of nitrogens with zero attached hydrogens (tertiary/aromatic N) is 2. The van der Waals surface area contributed by atoms with E-state index < -0.39 is 5.41 Å². The molecule has 2 heteroatoms. The molecule has 2 nitrogen and oxygen atoms in total. The van der Waals surface area contributed by atoms with Gasteiger partial charge in [-0.1, -0.05) is 212 Å². The molecule has 1 aliphatic carbocycles. The van der Waals surface area contributed by atoms with Gasteiger partial charge in [-0.15, -0.1) is 0 Å². The van der Waals surface area contributed by atoms with Crippen LogP contribution in [0.1, 0.15) is 22.3 Å². The third kappa shape index (κ3) is 5.47. The van der Waals surface area contributed by atoms with E-state index in [1.165, 1.54) is 88.0 Å². The van der Waals surface area contributed by atoms with Crippen molar-refractivity contribution in [2.75, 3.05) is 4.90 Å². The molecule has 1 aromatic heterocycles. The Balaban J connectivity index is 1.12. The molecule has 0 radical (unpaired) electrons. The summed E-state index contributed by atoms with van der Waals surface area (Å²) >= 11 is 0. The highest BCUT2D eigenvalue weighted by molar-refractivity contribution is 6.22. The topological polar surface area (TPSA) is 8.17 Å². The lowest BCUT2D eigenvalue weighted by Crippen LogP contribution is -2.28. The molecule has 11 aromatic carbocycles. The van der Waals surface area contributed by atoms with Crippen molar-refractivity contribution in [3.63, 3.8) is 0 Å². The molecule has 0 spiro atoms. The van der Waals surface area contributed by atoms with Crippen LogP contribution in [-0.4, -0.2) is 4.57 Å². The van der Waals surface area contributed by atoms with Gasteiger partial charge in [-0.05, 0) is 97.7 Å². The maximum atomic E-state index is 2.54. The van der Waals surface area contributed by atoms with Crippen molar-refractivity contribution in [3.8, 4) is 27.9 Å². The van der Waals surface area contributed by atoms with E-state index in [4.69, 9.17) is 0 Å². The Morgan fingerprint density at radius 3 is 1.37 bits per heavy atom. The predicted octanol–water partition coefficient (Wildman–Crippen LogP) is 16.6. The van der Waals surface area contributed by atoms with Crippen LogP contribution < -0.4 is 4.90 Å². The van der Waals surface area contributed by atoms with Crippen LogP contribution in [0.5, 0.6) is 0 Å². The molecule has 304 valence electrons. The second kappa shape index (κ2) is 14.8. The molecule has 1 aliphatic rings. The second-order valence-electron chi connectivity index (χ2n) is 17.1. The Labute approximate surface area is 378 Å². The summed E-state index contributed by atoms with van der Waals surface area (Å²) in [5.74, 6) is 0. The molecule has 65 heavy (non-hydrogen) atoms. The van der Waals surface area contributed by atoms with Crippen LogP contribution in [0.4, 0.5) is 17.1 Å². The smallest absolute Gasteiger partial charge is 0.0713 e. The van der Waals surface area contributed by atoms with Crippen LogP contribution in [0.3, 0.4) is 0 Å². The highest BCUT2D eigenvalue weighted by atomic mass is 15.1. The minimum Gasteiger partial charge on any atom is -0.310 e. The Kier molecular flexibility index (Phi) is 8.47. The van der Waals surface area contributed by atoms with E-state index in [2.05, 4.69) is 264 Å². The third-order valence-electron chi connectivity index (χ3n) is 13.8. The molecule has 13 rings (SSSR count). The van der Waals surface area contributed by atoms with Crippen molar-refractivity contribution in [3.05, 3.63) is 277 Å². The Hall–Kier alpha value is -8.46. The normalized spacial score (nSPS) is 12.7. The quantitative estimate of drug-likeness (QED) is 0.145. The van der Waals surface area contributed by atoms with E-state index in [0.29, 0.717) is 0 Å².